The average Bonchev–Trinajstić information content (AvgIpc) is 2.50. The third-order valence-corrected chi connectivity index (χ3v) is 4.16. The van der Waals surface area contributed by atoms with Crippen LogP contribution in [-0.4, -0.2) is 31.6 Å². The molecule has 1 saturated heterocycles. The summed E-state index contributed by atoms with van der Waals surface area (Å²) in [6, 6.07) is 21.6. The average molecular weight is 252 g/mol. The SMILES string of the molecule is CN1CCNCC1(c1ccccc1)c1ccccc1. The van der Waals surface area contributed by atoms with Gasteiger partial charge < -0.3 is 5.32 Å². The van der Waals surface area contributed by atoms with Gasteiger partial charge in [-0.05, 0) is 18.2 Å². The molecule has 1 fully saturated rings. The van der Waals surface area contributed by atoms with Gasteiger partial charge in [-0.3, -0.25) is 4.90 Å². The molecule has 1 aliphatic rings. The van der Waals surface area contributed by atoms with Gasteiger partial charge in [-0.1, -0.05) is 60.7 Å². The molecule has 19 heavy (non-hydrogen) atoms. The lowest BCUT2D eigenvalue weighted by atomic mass is 9.80. The molecule has 2 aromatic carbocycles. The summed E-state index contributed by atoms with van der Waals surface area (Å²) in [7, 11) is 2.22. The number of hydrogen-bond acceptors (Lipinski definition) is 2. The highest BCUT2D eigenvalue weighted by atomic mass is 15.2. The molecule has 0 amide bonds. The summed E-state index contributed by atoms with van der Waals surface area (Å²) in [4.78, 5) is 2.47. The second-order valence-electron chi connectivity index (χ2n) is 5.19. The third-order valence-electron chi connectivity index (χ3n) is 4.16. The molecule has 0 unspecified atom stereocenters. The maximum Gasteiger partial charge on any atom is 0.0840 e. The lowest BCUT2D eigenvalue weighted by molar-refractivity contribution is 0.124. The number of piperazine rings is 1. The van der Waals surface area contributed by atoms with Crippen molar-refractivity contribution in [3.63, 3.8) is 0 Å². The molecule has 0 spiro atoms. The smallest absolute Gasteiger partial charge is 0.0840 e. The fourth-order valence-corrected chi connectivity index (χ4v) is 3.08. The first-order valence-electron chi connectivity index (χ1n) is 6.87. The second-order valence-corrected chi connectivity index (χ2v) is 5.19. The van der Waals surface area contributed by atoms with E-state index in [-0.39, 0.29) is 5.54 Å². The van der Waals surface area contributed by atoms with Crippen LogP contribution in [0.3, 0.4) is 0 Å². The fraction of sp³-hybridized carbons (Fsp3) is 0.294. The summed E-state index contributed by atoms with van der Waals surface area (Å²) in [5, 5.41) is 3.56. The minimum Gasteiger partial charge on any atom is -0.313 e. The van der Waals surface area contributed by atoms with E-state index in [4.69, 9.17) is 0 Å². The molecule has 1 aliphatic heterocycles. The highest BCUT2D eigenvalue weighted by Gasteiger charge is 2.39. The predicted octanol–water partition coefficient (Wildman–Crippen LogP) is 2.47. The molecule has 0 radical (unpaired) electrons. The van der Waals surface area contributed by atoms with E-state index in [1.54, 1.807) is 0 Å². The van der Waals surface area contributed by atoms with E-state index in [1.165, 1.54) is 11.1 Å². The van der Waals surface area contributed by atoms with Crippen LogP contribution in [0.5, 0.6) is 0 Å². The largest absolute Gasteiger partial charge is 0.313 e. The topological polar surface area (TPSA) is 15.3 Å². The van der Waals surface area contributed by atoms with Gasteiger partial charge in [0.1, 0.15) is 0 Å². The quantitative estimate of drug-likeness (QED) is 0.883. The molecule has 0 atom stereocenters. The Kier molecular flexibility index (Phi) is 3.36. The summed E-state index contributed by atoms with van der Waals surface area (Å²) in [5.41, 5.74) is 2.66. The summed E-state index contributed by atoms with van der Waals surface area (Å²) < 4.78 is 0. The zero-order valence-corrected chi connectivity index (χ0v) is 11.3. The molecule has 2 aromatic rings. The lowest BCUT2D eigenvalue weighted by Gasteiger charge is -2.46. The van der Waals surface area contributed by atoms with Crippen molar-refractivity contribution in [2.75, 3.05) is 26.7 Å². The number of benzene rings is 2. The van der Waals surface area contributed by atoms with E-state index in [0.717, 1.165) is 19.6 Å². The van der Waals surface area contributed by atoms with Gasteiger partial charge in [-0.15, -0.1) is 0 Å². The van der Waals surface area contributed by atoms with Crippen LogP contribution in [0.15, 0.2) is 60.7 Å². The minimum atomic E-state index is -0.0548. The number of nitrogens with one attached hydrogen (secondary N) is 1. The maximum atomic E-state index is 3.56. The van der Waals surface area contributed by atoms with Crippen LogP contribution in [0.25, 0.3) is 0 Å². The van der Waals surface area contributed by atoms with E-state index in [9.17, 15) is 0 Å². The standard InChI is InChI=1S/C17H20N2/c1-19-13-12-18-14-17(19,15-8-4-2-5-9-15)16-10-6-3-7-11-16/h2-11,18H,12-14H2,1H3. The molecule has 0 saturated carbocycles. The van der Waals surface area contributed by atoms with Crippen LogP contribution in [0.4, 0.5) is 0 Å². The van der Waals surface area contributed by atoms with E-state index in [0.29, 0.717) is 0 Å². The second kappa shape index (κ2) is 5.16. The van der Waals surface area contributed by atoms with Gasteiger partial charge in [0.2, 0.25) is 0 Å². The Bertz CT molecular complexity index is 482. The summed E-state index contributed by atoms with van der Waals surface area (Å²) in [5.74, 6) is 0. The molecule has 2 heteroatoms. The molecule has 0 aliphatic carbocycles. The Morgan fingerprint density at radius 2 is 1.42 bits per heavy atom. The van der Waals surface area contributed by atoms with Crippen molar-refractivity contribution in [2.24, 2.45) is 0 Å². The summed E-state index contributed by atoms with van der Waals surface area (Å²) >= 11 is 0. The van der Waals surface area contributed by atoms with Crippen molar-refractivity contribution < 1.29 is 0 Å². The molecule has 0 aromatic heterocycles. The van der Waals surface area contributed by atoms with E-state index < -0.39 is 0 Å². The summed E-state index contributed by atoms with van der Waals surface area (Å²) in [6.07, 6.45) is 0. The van der Waals surface area contributed by atoms with Gasteiger partial charge in [0, 0.05) is 19.6 Å². The van der Waals surface area contributed by atoms with Crippen molar-refractivity contribution in [1.29, 1.82) is 0 Å². The van der Waals surface area contributed by atoms with E-state index >= 15 is 0 Å². The van der Waals surface area contributed by atoms with E-state index in [2.05, 4.69) is 77.9 Å². The third kappa shape index (κ3) is 2.07. The number of likely N-dealkylation sites (N-methyl/N-ethyl adjacent to an activating group) is 1. The van der Waals surface area contributed by atoms with Gasteiger partial charge in [-0.2, -0.15) is 0 Å². The zero-order chi connectivity index (χ0) is 13.1. The Balaban J connectivity index is 2.16. The number of rotatable bonds is 2. The highest BCUT2D eigenvalue weighted by Crippen LogP contribution is 2.35. The predicted molar refractivity (Wildman–Crippen MR) is 79.2 cm³/mol. The molecule has 1 N–H and O–H groups in total. The minimum absolute atomic E-state index is 0.0548. The van der Waals surface area contributed by atoms with Crippen LogP contribution in [0, 0.1) is 0 Å². The van der Waals surface area contributed by atoms with Crippen molar-refractivity contribution in [3.05, 3.63) is 71.8 Å². The van der Waals surface area contributed by atoms with Gasteiger partial charge in [0.05, 0.1) is 5.54 Å². The Labute approximate surface area is 115 Å². The first-order chi connectivity index (χ1) is 9.34. The first-order valence-corrected chi connectivity index (χ1v) is 6.87. The van der Waals surface area contributed by atoms with Gasteiger partial charge in [0.15, 0.2) is 0 Å². The normalized spacial score (nSPS) is 19.2. The summed E-state index contributed by atoms with van der Waals surface area (Å²) in [6.45, 7) is 3.07. The maximum absolute atomic E-state index is 3.56. The Morgan fingerprint density at radius 1 is 0.895 bits per heavy atom. The van der Waals surface area contributed by atoms with E-state index in [1.807, 2.05) is 0 Å². The molecular weight excluding hydrogens is 232 g/mol. The molecular formula is C17H20N2. The van der Waals surface area contributed by atoms with Crippen molar-refractivity contribution in [2.45, 2.75) is 5.54 Å². The number of nitrogens with zero attached hydrogens (tertiary/aromatic N) is 1. The van der Waals surface area contributed by atoms with Gasteiger partial charge in [-0.25, -0.2) is 0 Å². The molecule has 3 rings (SSSR count). The van der Waals surface area contributed by atoms with Crippen LogP contribution in [0.2, 0.25) is 0 Å². The first kappa shape index (κ1) is 12.4. The molecule has 0 bridgehead atoms. The fourth-order valence-electron chi connectivity index (χ4n) is 3.08. The van der Waals surface area contributed by atoms with Crippen molar-refractivity contribution in [1.82, 2.24) is 10.2 Å². The van der Waals surface area contributed by atoms with Crippen LogP contribution >= 0.6 is 0 Å². The van der Waals surface area contributed by atoms with Crippen molar-refractivity contribution in [3.8, 4) is 0 Å². The molecule has 2 nitrogen and oxygen atoms in total. The van der Waals surface area contributed by atoms with Gasteiger partial charge in [0.25, 0.3) is 0 Å². The Morgan fingerprint density at radius 3 is 1.89 bits per heavy atom. The van der Waals surface area contributed by atoms with Crippen LogP contribution < -0.4 is 5.32 Å². The molecule has 1 heterocycles. The van der Waals surface area contributed by atoms with Crippen LogP contribution in [0.1, 0.15) is 11.1 Å². The molecule has 98 valence electrons. The lowest BCUT2D eigenvalue weighted by Crippen LogP contribution is -2.58. The van der Waals surface area contributed by atoms with Gasteiger partial charge >= 0.3 is 0 Å². The number of hydrogen-bond donors (Lipinski definition) is 1. The van der Waals surface area contributed by atoms with Crippen molar-refractivity contribution >= 4 is 0 Å². The van der Waals surface area contributed by atoms with Crippen LogP contribution in [-0.2, 0) is 5.54 Å². The highest BCUT2D eigenvalue weighted by molar-refractivity contribution is 5.39. The monoisotopic (exact) mass is 252 g/mol. The Hall–Kier alpha value is -1.64. The zero-order valence-electron chi connectivity index (χ0n) is 11.3.